The standard InChI is InChI=1S/C18H27N3O4/c1-14(18(23)21-8-11-24-12-9-21)20-6-4-15(5-7-20)17(22)19-13-16-3-2-10-25-16/h2-3,10,14-15H,4-9,11-13H2,1H3,(H,19,22)/t14-/m1/s1. The van der Waals surface area contributed by atoms with E-state index in [0.29, 0.717) is 32.8 Å². The summed E-state index contributed by atoms with van der Waals surface area (Å²) < 4.78 is 10.5. The molecule has 0 aliphatic carbocycles. The molecule has 0 saturated carbocycles. The molecule has 3 rings (SSSR count). The van der Waals surface area contributed by atoms with Crippen LogP contribution in [-0.2, 0) is 20.9 Å². The van der Waals surface area contributed by atoms with E-state index >= 15 is 0 Å². The van der Waals surface area contributed by atoms with E-state index in [2.05, 4.69) is 10.2 Å². The highest BCUT2D eigenvalue weighted by Gasteiger charge is 2.32. The SMILES string of the molecule is C[C@H](C(=O)N1CCOCC1)N1CCC(C(=O)NCc2ccco2)CC1. The van der Waals surface area contributed by atoms with Gasteiger partial charge < -0.3 is 19.4 Å². The van der Waals surface area contributed by atoms with Crippen molar-refractivity contribution in [1.29, 1.82) is 0 Å². The van der Waals surface area contributed by atoms with Crippen LogP contribution in [0.25, 0.3) is 0 Å². The van der Waals surface area contributed by atoms with Crippen molar-refractivity contribution in [2.45, 2.75) is 32.4 Å². The van der Waals surface area contributed by atoms with Crippen molar-refractivity contribution in [3.63, 3.8) is 0 Å². The molecule has 25 heavy (non-hydrogen) atoms. The van der Waals surface area contributed by atoms with Crippen LogP contribution in [-0.4, -0.2) is 67.0 Å². The summed E-state index contributed by atoms with van der Waals surface area (Å²) in [4.78, 5) is 29.0. The van der Waals surface area contributed by atoms with Gasteiger partial charge in [-0.1, -0.05) is 0 Å². The number of ether oxygens (including phenoxy) is 1. The second kappa shape index (κ2) is 8.49. The van der Waals surface area contributed by atoms with Crippen LogP contribution in [0, 0.1) is 5.92 Å². The molecule has 0 unspecified atom stereocenters. The summed E-state index contributed by atoms with van der Waals surface area (Å²) in [5.74, 6) is 1.01. The van der Waals surface area contributed by atoms with Crippen molar-refractivity contribution in [3.05, 3.63) is 24.2 Å². The minimum absolute atomic E-state index is 0.0110. The maximum absolute atomic E-state index is 12.6. The number of carbonyl (C=O) groups excluding carboxylic acids is 2. The first kappa shape index (κ1) is 17.9. The smallest absolute Gasteiger partial charge is 0.239 e. The lowest BCUT2D eigenvalue weighted by atomic mass is 9.94. The fourth-order valence-electron chi connectivity index (χ4n) is 3.48. The molecule has 1 atom stereocenters. The Balaban J connectivity index is 1.42. The van der Waals surface area contributed by atoms with Crippen LogP contribution in [0.3, 0.4) is 0 Å². The summed E-state index contributed by atoms with van der Waals surface area (Å²) in [6.07, 6.45) is 3.17. The predicted octanol–water partition coefficient (Wildman–Crippen LogP) is 0.855. The number of piperidine rings is 1. The van der Waals surface area contributed by atoms with Crippen molar-refractivity contribution in [2.24, 2.45) is 5.92 Å². The summed E-state index contributed by atoms with van der Waals surface area (Å²) in [6.45, 7) is 6.54. The Morgan fingerprint density at radius 2 is 1.96 bits per heavy atom. The molecule has 7 heteroatoms. The third-order valence-corrected chi connectivity index (χ3v) is 5.15. The number of hydrogen-bond donors (Lipinski definition) is 1. The van der Waals surface area contributed by atoms with Crippen LogP contribution in [0.2, 0.25) is 0 Å². The highest BCUT2D eigenvalue weighted by atomic mass is 16.5. The van der Waals surface area contributed by atoms with E-state index in [0.717, 1.165) is 31.7 Å². The monoisotopic (exact) mass is 349 g/mol. The summed E-state index contributed by atoms with van der Waals surface area (Å²) in [5.41, 5.74) is 0. The van der Waals surface area contributed by atoms with E-state index in [1.165, 1.54) is 0 Å². The number of rotatable bonds is 5. The molecule has 2 aliphatic heterocycles. The second-order valence-corrected chi connectivity index (χ2v) is 6.72. The Morgan fingerprint density at radius 1 is 1.24 bits per heavy atom. The van der Waals surface area contributed by atoms with Crippen molar-refractivity contribution in [1.82, 2.24) is 15.1 Å². The molecule has 2 amide bonds. The first-order valence-electron chi connectivity index (χ1n) is 9.06. The number of likely N-dealkylation sites (tertiary alicyclic amines) is 1. The number of carbonyl (C=O) groups is 2. The van der Waals surface area contributed by atoms with Gasteiger partial charge in [0.05, 0.1) is 32.1 Å². The quantitative estimate of drug-likeness (QED) is 0.853. The van der Waals surface area contributed by atoms with Gasteiger partial charge in [0.2, 0.25) is 11.8 Å². The molecule has 0 aromatic carbocycles. The Hall–Kier alpha value is -1.86. The van der Waals surface area contributed by atoms with Crippen LogP contribution < -0.4 is 5.32 Å². The van der Waals surface area contributed by atoms with Gasteiger partial charge in [-0.05, 0) is 45.0 Å². The van der Waals surface area contributed by atoms with Crippen molar-refractivity contribution in [2.75, 3.05) is 39.4 Å². The minimum atomic E-state index is -0.134. The van der Waals surface area contributed by atoms with Gasteiger partial charge in [0, 0.05) is 19.0 Å². The first-order valence-corrected chi connectivity index (χ1v) is 9.06. The van der Waals surface area contributed by atoms with Crippen LogP contribution in [0.4, 0.5) is 0 Å². The minimum Gasteiger partial charge on any atom is -0.467 e. The van der Waals surface area contributed by atoms with Gasteiger partial charge in [0.1, 0.15) is 5.76 Å². The molecule has 3 heterocycles. The molecule has 0 bridgehead atoms. The lowest BCUT2D eigenvalue weighted by molar-refractivity contribution is -0.141. The van der Waals surface area contributed by atoms with Gasteiger partial charge in [-0.25, -0.2) is 0 Å². The van der Waals surface area contributed by atoms with E-state index in [9.17, 15) is 9.59 Å². The third kappa shape index (κ3) is 4.61. The first-order chi connectivity index (χ1) is 12.1. The summed E-state index contributed by atoms with van der Waals surface area (Å²) >= 11 is 0. The predicted molar refractivity (Wildman–Crippen MR) is 91.7 cm³/mol. The molecule has 0 spiro atoms. The van der Waals surface area contributed by atoms with Crippen molar-refractivity contribution in [3.8, 4) is 0 Å². The van der Waals surface area contributed by atoms with Crippen LogP contribution >= 0.6 is 0 Å². The average molecular weight is 349 g/mol. The number of nitrogens with zero attached hydrogens (tertiary/aromatic N) is 2. The van der Waals surface area contributed by atoms with Crippen LogP contribution in [0.5, 0.6) is 0 Å². The fraction of sp³-hybridized carbons (Fsp3) is 0.667. The molecule has 2 saturated heterocycles. The zero-order valence-electron chi connectivity index (χ0n) is 14.8. The van der Waals surface area contributed by atoms with Crippen molar-refractivity contribution < 1.29 is 18.7 Å². The van der Waals surface area contributed by atoms with E-state index in [4.69, 9.17) is 9.15 Å². The highest BCUT2D eigenvalue weighted by molar-refractivity contribution is 5.82. The molecule has 2 aliphatic rings. The number of furan rings is 1. The highest BCUT2D eigenvalue weighted by Crippen LogP contribution is 2.20. The second-order valence-electron chi connectivity index (χ2n) is 6.72. The summed E-state index contributed by atoms with van der Waals surface area (Å²) in [6, 6.07) is 3.53. The Labute approximate surface area is 148 Å². The summed E-state index contributed by atoms with van der Waals surface area (Å²) in [7, 11) is 0. The van der Waals surface area contributed by atoms with Crippen molar-refractivity contribution >= 4 is 11.8 Å². The van der Waals surface area contributed by atoms with Gasteiger partial charge >= 0.3 is 0 Å². The topological polar surface area (TPSA) is 75.0 Å². The molecule has 138 valence electrons. The Bertz CT molecular complexity index is 561. The lowest BCUT2D eigenvalue weighted by Crippen LogP contribution is -2.53. The Kier molecular flexibility index (Phi) is 6.09. The molecule has 2 fully saturated rings. The maximum atomic E-state index is 12.6. The molecular formula is C18H27N3O4. The van der Waals surface area contributed by atoms with Crippen LogP contribution in [0.1, 0.15) is 25.5 Å². The van der Waals surface area contributed by atoms with E-state index in [-0.39, 0.29) is 23.8 Å². The number of amides is 2. The van der Waals surface area contributed by atoms with Gasteiger partial charge in [-0.2, -0.15) is 0 Å². The van der Waals surface area contributed by atoms with E-state index in [1.807, 2.05) is 24.0 Å². The average Bonchev–Trinajstić information content (AvgIpc) is 3.19. The van der Waals surface area contributed by atoms with Gasteiger partial charge in [-0.15, -0.1) is 0 Å². The molecule has 1 aromatic heterocycles. The lowest BCUT2D eigenvalue weighted by Gasteiger charge is -2.37. The largest absolute Gasteiger partial charge is 0.467 e. The fourth-order valence-corrected chi connectivity index (χ4v) is 3.48. The normalized spacial score (nSPS) is 21.1. The molecule has 1 N–H and O–H groups in total. The molecule has 0 radical (unpaired) electrons. The summed E-state index contributed by atoms with van der Waals surface area (Å²) in [5, 5.41) is 2.93. The van der Waals surface area contributed by atoms with Gasteiger partial charge in [0.15, 0.2) is 0 Å². The van der Waals surface area contributed by atoms with Crippen LogP contribution in [0.15, 0.2) is 22.8 Å². The zero-order valence-corrected chi connectivity index (χ0v) is 14.8. The van der Waals surface area contributed by atoms with E-state index < -0.39 is 0 Å². The maximum Gasteiger partial charge on any atom is 0.239 e. The van der Waals surface area contributed by atoms with Gasteiger partial charge in [-0.3, -0.25) is 14.5 Å². The molecule has 1 aromatic rings. The molecular weight excluding hydrogens is 322 g/mol. The zero-order chi connectivity index (χ0) is 17.6. The third-order valence-electron chi connectivity index (χ3n) is 5.15. The number of hydrogen-bond acceptors (Lipinski definition) is 5. The number of morpholine rings is 1. The Morgan fingerprint density at radius 3 is 2.60 bits per heavy atom. The number of nitrogens with one attached hydrogen (secondary N) is 1. The van der Waals surface area contributed by atoms with E-state index in [1.54, 1.807) is 6.26 Å². The van der Waals surface area contributed by atoms with Gasteiger partial charge in [0.25, 0.3) is 0 Å². The molecule has 7 nitrogen and oxygen atoms in total.